The summed E-state index contributed by atoms with van der Waals surface area (Å²) < 4.78 is 5.04. The van der Waals surface area contributed by atoms with Crippen LogP contribution < -0.4 is 5.73 Å². The van der Waals surface area contributed by atoms with E-state index in [1.54, 1.807) is 7.11 Å². The first kappa shape index (κ1) is 15.1. The number of rotatable bonds is 12. The Morgan fingerprint density at radius 3 is 1.73 bits per heavy atom. The van der Waals surface area contributed by atoms with Crippen molar-refractivity contribution in [1.82, 2.24) is 0 Å². The average molecular weight is 229 g/mol. The van der Waals surface area contributed by atoms with E-state index < -0.39 is 0 Å². The van der Waals surface area contributed by atoms with E-state index in [1.807, 2.05) is 0 Å². The van der Waals surface area contributed by atoms with Crippen molar-refractivity contribution < 1.29 is 4.43 Å². The quantitative estimate of drug-likeness (QED) is 0.412. The Hall–Kier alpha value is 0.137. The maximum absolute atomic E-state index is 5.44. The van der Waals surface area contributed by atoms with Crippen molar-refractivity contribution in [1.29, 1.82) is 0 Å². The first-order valence-corrected chi connectivity index (χ1v) is 7.49. The SMILES string of the molecule is CO[Si]CCCCCCCCCCCN. The third kappa shape index (κ3) is 14.1. The maximum Gasteiger partial charge on any atom is 0.229 e. The minimum absolute atomic E-state index is 0.715. The predicted octanol–water partition coefficient (Wildman–Crippen LogP) is 3.14. The van der Waals surface area contributed by atoms with Gasteiger partial charge in [0.1, 0.15) is 0 Å². The van der Waals surface area contributed by atoms with E-state index in [4.69, 9.17) is 10.2 Å². The van der Waals surface area contributed by atoms with Crippen LogP contribution in [0, 0.1) is 0 Å². The fraction of sp³-hybridized carbons (Fsp3) is 1.00. The van der Waals surface area contributed by atoms with Crippen LogP contribution in [0.25, 0.3) is 0 Å². The monoisotopic (exact) mass is 229 g/mol. The zero-order chi connectivity index (χ0) is 11.2. The van der Waals surface area contributed by atoms with Crippen molar-refractivity contribution in [3.05, 3.63) is 0 Å². The Morgan fingerprint density at radius 1 is 0.800 bits per heavy atom. The summed E-state index contributed by atoms with van der Waals surface area (Å²) in [4.78, 5) is 0. The van der Waals surface area contributed by atoms with Crippen LogP contribution in [0.3, 0.4) is 0 Å². The van der Waals surface area contributed by atoms with Crippen LogP contribution >= 0.6 is 0 Å². The third-order valence-electron chi connectivity index (χ3n) is 2.63. The van der Waals surface area contributed by atoms with Gasteiger partial charge in [-0.3, -0.25) is 0 Å². The van der Waals surface area contributed by atoms with E-state index in [0.717, 1.165) is 6.54 Å². The highest BCUT2D eigenvalue weighted by Crippen LogP contribution is 2.10. The van der Waals surface area contributed by atoms with Gasteiger partial charge in [0.05, 0.1) is 0 Å². The molecule has 0 heterocycles. The first-order chi connectivity index (χ1) is 7.41. The Kier molecular flexibility index (Phi) is 14.3. The fourth-order valence-corrected chi connectivity index (χ4v) is 2.28. The smallest absolute Gasteiger partial charge is 0.229 e. The highest BCUT2D eigenvalue weighted by molar-refractivity contribution is 6.26. The molecule has 0 fully saturated rings. The van der Waals surface area contributed by atoms with Gasteiger partial charge in [-0.1, -0.05) is 51.4 Å². The van der Waals surface area contributed by atoms with Crippen molar-refractivity contribution in [2.75, 3.05) is 13.7 Å². The van der Waals surface area contributed by atoms with E-state index in [0.29, 0.717) is 9.76 Å². The second-order valence-electron chi connectivity index (χ2n) is 4.07. The summed E-state index contributed by atoms with van der Waals surface area (Å²) in [5.74, 6) is 0. The largest absolute Gasteiger partial charge is 0.421 e. The van der Waals surface area contributed by atoms with Gasteiger partial charge >= 0.3 is 0 Å². The van der Waals surface area contributed by atoms with E-state index in [-0.39, 0.29) is 0 Å². The van der Waals surface area contributed by atoms with Gasteiger partial charge in [0.2, 0.25) is 9.76 Å². The number of unbranched alkanes of at least 4 members (excludes halogenated alkanes) is 8. The molecule has 0 spiro atoms. The summed E-state index contributed by atoms with van der Waals surface area (Å²) in [7, 11) is 2.51. The van der Waals surface area contributed by atoms with Crippen LogP contribution in [0.4, 0.5) is 0 Å². The van der Waals surface area contributed by atoms with Crippen molar-refractivity contribution in [3.8, 4) is 0 Å². The molecule has 3 heteroatoms. The summed E-state index contributed by atoms with van der Waals surface area (Å²) in [5.41, 5.74) is 5.44. The molecule has 2 nitrogen and oxygen atoms in total. The Labute approximate surface area is 97.9 Å². The van der Waals surface area contributed by atoms with Gasteiger partial charge in [-0.25, -0.2) is 0 Å². The molecule has 0 saturated carbocycles. The molecule has 0 aliphatic heterocycles. The predicted molar refractivity (Wildman–Crippen MR) is 68.2 cm³/mol. The summed E-state index contributed by atoms with van der Waals surface area (Å²) in [6.07, 6.45) is 12.3. The molecule has 0 aliphatic rings. The number of hydrogen-bond donors (Lipinski definition) is 1. The molecule has 2 radical (unpaired) electrons. The molecule has 0 aromatic carbocycles. The van der Waals surface area contributed by atoms with E-state index in [1.165, 1.54) is 63.8 Å². The summed E-state index contributed by atoms with van der Waals surface area (Å²) >= 11 is 0. The lowest BCUT2D eigenvalue weighted by Gasteiger charge is -2.01. The maximum atomic E-state index is 5.44. The standard InChI is InChI=1S/C12H27NOSi/c1-14-15-12-10-8-6-4-2-3-5-7-9-11-13/h2-13H2,1H3. The molecule has 90 valence electrons. The summed E-state index contributed by atoms with van der Waals surface area (Å²) in [5, 5.41) is 0. The molecule has 15 heavy (non-hydrogen) atoms. The van der Waals surface area contributed by atoms with Gasteiger partial charge in [-0.05, 0) is 19.0 Å². The molecule has 0 aromatic heterocycles. The van der Waals surface area contributed by atoms with Gasteiger partial charge in [-0.15, -0.1) is 0 Å². The molecule has 0 rings (SSSR count). The molecule has 2 N–H and O–H groups in total. The zero-order valence-corrected chi connectivity index (χ0v) is 11.3. The molecular formula is C12H27NOSi. The number of hydrogen-bond acceptors (Lipinski definition) is 2. The van der Waals surface area contributed by atoms with Gasteiger partial charge in [0, 0.05) is 7.11 Å². The van der Waals surface area contributed by atoms with E-state index in [9.17, 15) is 0 Å². The zero-order valence-electron chi connectivity index (χ0n) is 10.3. The molecule has 0 saturated heterocycles. The van der Waals surface area contributed by atoms with Crippen LogP contribution in [0.15, 0.2) is 0 Å². The topological polar surface area (TPSA) is 35.2 Å². The van der Waals surface area contributed by atoms with Gasteiger partial charge in [-0.2, -0.15) is 0 Å². The van der Waals surface area contributed by atoms with Gasteiger partial charge in [0.25, 0.3) is 0 Å². The summed E-state index contributed by atoms with van der Waals surface area (Å²) in [6, 6.07) is 1.26. The Bertz CT molecular complexity index is 99.8. The van der Waals surface area contributed by atoms with Crippen molar-refractivity contribution >= 4 is 9.76 Å². The van der Waals surface area contributed by atoms with Gasteiger partial charge < -0.3 is 10.2 Å². The normalized spacial score (nSPS) is 10.8. The fourth-order valence-electron chi connectivity index (χ4n) is 1.68. The van der Waals surface area contributed by atoms with Crippen molar-refractivity contribution in [3.63, 3.8) is 0 Å². The van der Waals surface area contributed by atoms with Crippen LogP contribution in [-0.2, 0) is 4.43 Å². The molecule has 0 aliphatic carbocycles. The lowest BCUT2D eigenvalue weighted by molar-refractivity contribution is 0.438. The molecule has 0 amide bonds. The van der Waals surface area contributed by atoms with Crippen LogP contribution in [0.1, 0.15) is 57.8 Å². The Morgan fingerprint density at radius 2 is 1.27 bits per heavy atom. The van der Waals surface area contributed by atoms with Crippen molar-refractivity contribution in [2.45, 2.75) is 63.8 Å². The van der Waals surface area contributed by atoms with E-state index >= 15 is 0 Å². The van der Waals surface area contributed by atoms with Crippen LogP contribution in [0.2, 0.25) is 6.04 Å². The first-order valence-electron chi connectivity index (χ1n) is 6.37. The molecule has 0 aromatic rings. The van der Waals surface area contributed by atoms with Gasteiger partial charge in [0.15, 0.2) is 0 Å². The molecule has 0 atom stereocenters. The van der Waals surface area contributed by atoms with Crippen LogP contribution in [-0.4, -0.2) is 23.4 Å². The Balaban J connectivity index is 2.81. The second-order valence-corrected chi connectivity index (χ2v) is 5.27. The molecule has 0 unspecified atom stereocenters. The molecule has 0 bridgehead atoms. The number of nitrogens with two attached hydrogens (primary N) is 1. The second kappa shape index (κ2) is 14.1. The highest BCUT2D eigenvalue weighted by atomic mass is 28.2. The van der Waals surface area contributed by atoms with E-state index in [2.05, 4.69) is 0 Å². The highest BCUT2D eigenvalue weighted by Gasteiger charge is 1.93. The minimum atomic E-state index is 0.715. The van der Waals surface area contributed by atoms with Crippen LogP contribution in [0.5, 0.6) is 0 Å². The summed E-state index contributed by atoms with van der Waals surface area (Å²) in [6.45, 7) is 0.861. The minimum Gasteiger partial charge on any atom is -0.421 e. The lowest BCUT2D eigenvalue weighted by Crippen LogP contribution is -1.97. The molecular weight excluding hydrogens is 202 g/mol. The third-order valence-corrected chi connectivity index (χ3v) is 3.47. The van der Waals surface area contributed by atoms with Crippen molar-refractivity contribution in [2.24, 2.45) is 5.73 Å². The lowest BCUT2D eigenvalue weighted by atomic mass is 10.1. The average Bonchev–Trinajstić information content (AvgIpc) is 2.26.